The minimum absolute atomic E-state index is 0.0860. The van der Waals surface area contributed by atoms with Gasteiger partial charge in [0.15, 0.2) is 0 Å². The molecule has 3 aromatic rings. The van der Waals surface area contributed by atoms with E-state index in [0.29, 0.717) is 39.5 Å². The molecule has 0 aliphatic carbocycles. The van der Waals surface area contributed by atoms with Gasteiger partial charge in [-0.1, -0.05) is 23.7 Å². The minimum atomic E-state index is -0.673. The quantitative estimate of drug-likeness (QED) is 0.241. The zero-order valence-electron chi connectivity index (χ0n) is 21.2. The molecule has 1 atom stereocenters. The summed E-state index contributed by atoms with van der Waals surface area (Å²) in [5.41, 5.74) is 0.199. The van der Waals surface area contributed by atoms with E-state index < -0.39 is 23.6 Å². The lowest BCUT2D eigenvalue weighted by Gasteiger charge is -2.25. The summed E-state index contributed by atoms with van der Waals surface area (Å²) in [6.07, 6.45) is -0.265. The van der Waals surface area contributed by atoms with Crippen LogP contribution in [0.2, 0.25) is 5.02 Å². The number of nitrogens with one attached hydrogen (secondary N) is 1. The van der Waals surface area contributed by atoms with Crippen LogP contribution in [-0.4, -0.2) is 40.5 Å². The molecule has 196 valence electrons. The predicted octanol–water partition coefficient (Wildman–Crippen LogP) is 6.60. The van der Waals surface area contributed by atoms with Crippen molar-refractivity contribution in [2.24, 2.45) is 0 Å². The Balaban J connectivity index is 1.60. The molecule has 3 aromatic carbocycles. The molecule has 0 aliphatic heterocycles. The van der Waals surface area contributed by atoms with E-state index in [1.54, 1.807) is 81.4 Å². The Bertz CT molecular complexity index is 1180. The number of hydrogen-bond acceptors (Lipinski definition) is 6. The molecule has 0 saturated carbocycles. The van der Waals surface area contributed by atoms with Crippen LogP contribution in [0.4, 0.5) is 4.79 Å². The van der Waals surface area contributed by atoms with Gasteiger partial charge in [-0.05, 0) is 93.4 Å². The lowest BCUT2D eigenvalue weighted by Crippen LogP contribution is -2.47. The van der Waals surface area contributed by atoms with Crippen LogP contribution in [0.3, 0.4) is 0 Å². The fraction of sp³-hybridized carbons (Fsp3) is 0.286. The molecule has 0 saturated heterocycles. The molecule has 9 heteroatoms. The number of carbonyl (C=O) groups excluding carboxylic acids is 2. The molecular weight excluding hydrogens is 496 g/mol. The van der Waals surface area contributed by atoms with Crippen LogP contribution in [0.15, 0.2) is 72.8 Å². The standard InChI is InChI=1S/C28H31ClN2O6/c1-19(32)31(34)18-22(30-27(33)37-28(2,3)4)17-20-5-9-23(10-6-20)35-25-13-15-26(16-14-25)36-24-11-7-21(29)8-12-24/h5-16,22,34H,17-18H2,1-4H3,(H,30,33). The number of carbonyl (C=O) groups is 2. The third-order valence-corrected chi connectivity index (χ3v) is 5.24. The molecule has 0 radical (unpaired) electrons. The number of hydrogen-bond donors (Lipinski definition) is 2. The van der Waals surface area contributed by atoms with E-state index in [1.807, 2.05) is 12.1 Å². The lowest BCUT2D eigenvalue weighted by atomic mass is 10.1. The number of rotatable bonds is 9. The number of nitrogens with zero attached hydrogens (tertiary/aromatic N) is 1. The van der Waals surface area contributed by atoms with E-state index in [0.717, 1.165) is 5.56 Å². The highest BCUT2D eigenvalue weighted by molar-refractivity contribution is 6.30. The van der Waals surface area contributed by atoms with Crippen molar-refractivity contribution in [3.05, 3.63) is 83.4 Å². The first kappa shape index (κ1) is 27.8. The van der Waals surface area contributed by atoms with Gasteiger partial charge in [-0.3, -0.25) is 10.0 Å². The highest BCUT2D eigenvalue weighted by Crippen LogP contribution is 2.27. The molecule has 0 fully saturated rings. The second kappa shape index (κ2) is 12.5. The van der Waals surface area contributed by atoms with Gasteiger partial charge in [0.2, 0.25) is 5.91 Å². The number of halogens is 1. The van der Waals surface area contributed by atoms with Gasteiger partial charge in [0.05, 0.1) is 12.6 Å². The van der Waals surface area contributed by atoms with E-state index in [2.05, 4.69) is 5.32 Å². The molecule has 2 amide bonds. The van der Waals surface area contributed by atoms with Crippen molar-refractivity contribution in [3.63, 3.8) is 0 Å². The Kier molecular flexibility index (Phi) is 9.38. The van der Waals surface area contributed by atoms with E-state index in [1.165, 1.54) is 6.92 Å². The van der Waals surface area contributed by atoms with Crippen LogP contribution in [-0.2, 0) is 16.0 Å². The van der Waals surface area contributed by atoms with E-state index in [4.69, 9.17) is 25.8 Å². The fourth-order valence-corrected chi connectivity index (χ4v) is 3.43. The van der Waals surface area contributed by atoms with Gasteiger partial charge in [0.1, 0.15) is 28.6 Å². The first-order valence-electron chi connectivity index (χ1n) is 11.7. The Morgan fingerprint density at radius 1 is 0.865 bits per heavy atom. The second-order valence-electron chi connectivity index (χ2n) is 9.42. The normalized spacial score (nSPS) is 11.8. The van der Waals surface area contributed by atoms with Gasteiger partial charge < -0.3 is 19.5 Å². The maximum Gasteiger partial charge on any atom is 0.407 e. The van der Waals surface area contributed by atoms with Crippen LogP contribution in [0.25, 0.3) is 0 Å². The third-order valence-electron chi connectivity index (χ3n) is 4.99. The van der Waals surface area contributed by atoms with Crippen molar-refractivity contribution in [2.75, 3.05) is 6.54 Å². The summed E-state index contributed by atoms with van der Waals surface area (Å²) in [6, 6.07) is 21.1. The van der Waals surface area contributed by atoms with Gasteiger partial charge in [-0.15, -0.1) is 0 Å². The number of amides is 2. The number of benzene rings is 3. The van der Waals surface area contributed by atoms with Crippen molar-refractivity contribution >= 4 is 23.6 Å². The Morgan fingerprint density at radius 2 is 1.30 bits per heavy atom. The molecule has 0 aromatic heterocycles. The van der Waals surface area contributed by atoms with Crippen LogP contribution in [0.5, 0.6) is 23.0 Å². The van der Waals surface area contributed by atoms with Crippen LogP contribution >= 0.6 is 11.6 Å². The summed E-state index contributed by atoms with van der Waals surface area (Å²) >= 11 is 5.90. The molecule has 0 spiro atoms. The smallest absolute Gasteiger partial charge is 0.407 e. The summed E-state index contributed by atoms with van der Waals surface area (Å²) in [7, 11) is 0. The van der Waals surface area contributed by atoms with Crippen LogP contribution in [0.1, 0.15) is 33.3 Å². The molecule has 0 aliphatic rings. The van der Waals surface area contributed by atoms with E-state index >= 15 is 0 Å². The maximum atomic E-state index is 12.3. The molecule has 3 rings (SSSR count). The van der Waals surface area contributed by atoms with Crippen molar-refractivity contribution in [1.82, 2.24) is 10.4 Å². The predicted molar refractivity (Wildman–Crippen MR) is 141 cm³/mol. The molecule has 0 heterocycles. The zero-order valence-corrected chi connectivity index (χ0v) is 22.0. The summed E-state index contributed by atoms with van der Waals surface area (Å²) in [5, 5.41) is 13.8. The largest absolute Gasteiger partial charge is 0.457 e. The zero-order chi connectivity index (χ0) is 27.0. The van der Waals surface area contributed by atoms with Gasteiger partial charge in [0.25, 0.3) is 0 Å². The molecule has 2 N–H and O–H groups in total. The van der Waals surface area contributed by atoms with Crippen molar-refractivity contribution in [3.8, 4) is 23.0 Å². The van der Waals surface area contributed by atoms with E-state index in [-0.39, 0.29) is 6.54 Å². The van der Waals surface area contributed by atoms with Crippen molar-refractivity contribution in [1.29, 1.82) is 0 Å². The average Bonchev–Trinajstić information content (AvgIpc) is 2.81. The summed E-state index contributed by atoms with van der Waals surface area (Å²) < 4.78 is 17.0. The highest BCUT2D eigenvalue weighted by Gasteiger charge is 2.22. The molecule has 8 nitrogen and oxygen atoms in total. The van der Waals surface area contributed by atoms with Crippen LogP contribution in [0, 0.1) is 0 Å². The van der Waals surface area contributed by atoms with Gasteiger partial charge in [-0.2, -0.15) is 0 Å². The first-order chi connectivity index (χ1) is 17.5. The first-order valence-corrected chi connectivity index (χ1v) is 12.1. The Morgan fingerprint density at radius 3 is 1.73 bits per heavy atom. The number of alkyl carbamates (subject to hydrolysis) is 1. The third kappa shape index (κ3) is 9.67. The fourth-order valence-electron chi connectivity index (χ4n) is 3.30. The maximum absolute atomic E-state index is 12.3. The minimum Gasteiger partial charge on any atom is -0.457 e. The highest BCUT2D eigenvalue weighted by atomic mass is 35.5. The van der Waals surface area contributed by atoms with Crippen molar-refractivity contribution < 1.29 is 29.0 Å². The summed E-state index contributed by atoms with van der Waals surface area (Å²) in [4.78, 5) is 23.7. The monoisotopic (exact) mass is 526 g/mol. The van der Waals surface area contributed by atoms with Crippen LogP contribution < -0.4 is 14.8 Å². The molecular formula is C28H31ClN2O6. The second-order valence-corrected chi connectivity index (χ2v) is 9.86. The Hall–Kier alpha value is -3.75. The molecule has 1 unspecified atom stereocenters. The van der Waals surface area contributed by atoms with Crippen molar-refractivity contribution in [2.45, 2.75) is 45.8 Å². The van der Waals surface area contributed by atoms with Gasteiger partial charge in [0, 0.05) is 11.9 Å². The summed E-state index contributed by atoms with van der Waals surface area (Å²) in [6.45, 7) is 6.43. The SMILES string of the molecule is CC(=O)N(O)CC(Cc1ccc(Oc2ccc(Oc3ccc(Cl)cc3)cc2)cc1)NC(=O)OC(C)(C)C. The topological polar surface area (TPSA) is 97.3 Å². The lowest BCUT2D eigenvalue weighted by molar-refractivity contribution is -0.164. The molecule has 0 bridgehead atoms. The summed E-state index contributed by atoms with van der Waals surface area (Å²) in [5.74, 6) is 2.08. The average molecular weight is 527 g/mol. The molecule has 37 heavy (non-hydrogen) atoms. The number of ether oxygens (including phenoxy) is 3. The van der Waals surface area contributed by atoms with E-state index in [9.17, 15) is 14.8 Å². The van der Waals surface area contributed by atoms with Gasteiger partial charge in [-0.25, -0.2) is 9.86 Å². The number of hydroxylamine groups is 2. The van der Waals surface area contributed by atoms with Gasteiger partial charge >= 0.3 is 6.09 Å². The Labute approximate surface area is 221 Å².